The molecule has 3 aromatic carbocycles. The lowest BCUT2D eigenvalue weighted by atomic mass is 9.98. The summed E-state index contributed by atoms with van der Waals surface area (Å²) in [4.78, 5) is 16.5. The Labute approximate surface area is 174 Å². The molecule has 4 rings (SSSR count). The first kappa shape index (κ1) is 19.2. The van der Waals surface area contributed by atoms with E-state index in [9.17, 15) is 4.79 Å². The molecule has 1 amide bonds. The molecule has 0 atom stereocenters. The van der Waals surface area contributed by atoms with Gasteiger partial charge in [0.1, 0.15) is 11.3 Å². The highest BCUT2D eigenvalue weighted by Gasteiger charge is 2.13. The average Bonchev–Trinajstić information content (AvgIpc) is 3.07. The van der Waals surface area contributed by atoms with Crippen molar-refractivity contribution < 1.29 is 4.79 Å². The largest absolute Gasteiger partial charge is 0.366 e. The summed E-state index contributed by atoms with van der Waals surface area (Å²) >= 11 is 6.36. The van der Waals surface area contributed by atoms with E-state index in [1.807, 2.05) is 42.5 Å². The molecule has 5 heteroatoms. The second-order valence-corrected chi connectivity index (χ2v) is 7.49. The molecule has 4 aromatic rings. The lowest BCUT2D eigenvalue weighted by Gasteiger charge is -2.11. The van der Waals surface area contributed by atoms with Gasteiger partial charge in [-0.15, -0.1) is 0 Å². The van der Waals surface area contributed by atoms with Crippen LogP contribution in [0, 0.1) is 0 Å². The number of aromatic nitrogens is 2. The standard InChI is InChI=1S/C24H22ClN3O/c1-2-6-22-27-23-20(25)9-5-10-21(23)28(22)15-16-11-13-17(14-12-16)18-7-3-4-8-19(18)24(26)29/h3-5,7-14H,2,6,15H2,1H3,(H2,26,29). The van der Waals surface area contributed by atoms with Gasteiger partial charge in [0, 0.05) is 18.5 Å². The van der Waals surface area contributed by atoms with Crippen molar-refractivity contribution in [2.75, 3.05) is 0 Å². The summed E-state index contributed by atoms with van der Waals surface area (Å²) in [6.07, 6.45) is 1.92. The molecule has 0 saturated heterocycles. The molecule has 0 aliphatic heterocycles. The summed E-state index contributed by atoms with van der Waals surface area (Å²) in [6, 6.07) is 21.5. The van der Waals surface area contributed by atoms with Gasteiger partial charge in [0.05, 0.1) is 10.5 Å². The molecular formula is C24H22ClN3O. The van der Waals surface area contributed by atoms with Crippen molar-refractivity contribution in [1.82, 2.24) is 9.55 Å². The van der Waals surface area contributed by atoms with E-state index < -0.39 is 5.91 Å². The van der Waals surface area contributed by atoms with Gasteiger partial charge in [0.25, 0.3) is 0 Å². The Morgan fingerprint density at radius 3 is 2.52 bits per heavy atom. The second kappa shape index (κ2) is 8.10. The Balaban J connectivity index is 1.69. The van der Waals surface area contributed by atoms with Crippen LogP contribution in [0.15, 0.2) is 66.7 Å². The number of benzene rings is 3. The number of rotatable bonds is 6. The smallest absolute Gasteiger partial charge is 0.249 e. The Morgan fingerprint density at radius 2 is 1.79 bits per heavy atom. The molecule has 146 valence electrons. The van der Waals surface area contributed by atoms with Crippen molar-refractivity contribution in [3.63, 3.8) is 0 Å². The topological polar surface area (TPSA) is 60.9 Å². The van der Waals surface area contributed by atoms with Crippen molar-refractivity contribution >= 4 is 28.5 Å². The number of nitrogens with zero attached hydrogens (tertiary/aromatic N) is 2. The van der Waals surface area contributed by atoms with Crippen molar-refractivity contribution in [2.24, 2.45) is 5.73 Å². The van der Waals surface area contributed by atoms with Gasteiger partial charge >= 0.3 is 0 Å². The highest BCUT2D eigenvalue weighted by atomic mass is 35.5. The molecule has 4 nitrogen and oxygen atoms in total. The molecular weight excluding hydrogens is 382 g/mol. The predicted molar refractivity (Wildman–Crippen MR) is 118 cm³/mol. The van der Waals surface area contributed by atoms with Crippen LogP contribution in [-0.2, 0) is 13.0 Å². The minimum Gasteiger partial charge on any atom is -0.366 e. The van der Waals surface area contributed by atoms with Crippen LogP contribution in [-0.4, -0.2) is 15.5 Å². The Bertz CT molecular complexity index is 1180. The Hall–Kier alpha value is -3.11. The summed E-state index contributed by atoms with van der Waals surface area (Å²) in [6.45, 7) is 2.86. The van der Waals surface area contributed by atoms with E-state index in [-0.39, 0.29) is 0 Å². The molecule has 0 aliphatic rings. The first-order valence-corrected chi connectivity index (χ1v) is 10.1. The number of hydrogen-bond donors (Lipinski definition) is 1. The van der Waals surface area contributed by atoms with Crippen LogP contribution in [0.1, 0.15) is 35.1 Å². The molecule has 2 N–H and O–H groups in total. The molecule has 0 unspecified atom stereocenters. The minimum absolute atomic E-state index is 0.421. The number of fused-ring (bicyclic) bond motifs is 1. The number of primary amides is 1. The van der Waals surface area contributed by atoms with Gasteiger partial charge in [-0.2, -0.15) is 0 Å². The number of carbonyl (C=O) groups is 1. The van der Waals surface area contributed by atoms with Crippen molar-refractivity contribution in [2.45, 2.75) is 26.3 Å². The van der Waals surface area contributed by atoms with E-state index in [2.05, 4.69) is 29.7 Å². The molecule has 0 radical (unpaired) electrons. The van der Waals surface area contributed by atoms with Gasteiger partial charge in [-0.3, -0.25) is 4.79 Å². The lowest BCUT2D eigenvalue weighted by molar-refractivity contribution is 0.100. The molecule has 1 heterocycles. The van der Waals surface area contributed by atoms with E-state index in [0.29, 0.717) is 17.1 Å². The van der Waals surface area contributed by atoms with Gasteiger partial charge < -0.3 is 10.3 Å². The molecule has 0 aliphatic carbocycles. The van der Waals surface area contributed by atoms with E-state index in [1.54, 1.807) is 6.07 Å². The number of para-hydroxylation sites is 1. The van der Waals surface area contributed by atoms with Gasteiger partial charge in [0.2, 0.25) is 5.91 Å². The summed E-state index contributed by atoms with van der Waals surface area (Å²) < 4.78 is 2.23. The van der Waals surface area contributed by atoms with Crippen molar-refractivity contribution in [3.05, 3.63) is 88.7 Å². The summed E-state index contributed by atoms with van der Waals surface area (Å²) in [5.41, 5.74) is 10.9. The normalized spacial score (nSPS) is 11.1. The second-order valence-electron chi connectivity index (χ2n) is 7.08. The van der Waals surface area contributed by atoms with Crippen LogP contribution in [0.5, 0.6) is 0 Å². The number of amides is 1. The molecule has 1 aromatic heterocycles. The Kier molecular flexibility index (Phi) is 5.36. The van der Waals surface area contributed by atoms with Crippen LogP contribution >= 0.6 is 11.6 Å². The van der Waals surface area contributed by atoms with Gasteiger partial charge in [-0.25, -0.2) is 4.98 Å². The quantitative estimate of drug-likeness (QED) is 0.465. The third kappa shape index (κ3) is 3.76. The third-order valence-corrected chi connectivity index (χ3v) is 5.39. The molecule has 29 heavy (non-hydrogen) atoms. The lowest BCUT2D eigenvalue weighted by Crippen LogP contribution is -2.12. The summed E-state index contributed by atoms with van der Waals surface area (Å²) in [7, 11) is 0. The first-order valence-electron chi connectivity index (χ1n) is 9.70. The number of halogens is 1. The van der Waals surface area contributed by atoms with Crippen molar-refractivity contribution in [3.8, 4) is 11.1 Å². The fourth-order valence-corrected chi connectivity index (χ4v) is 3.89. The van der Waals surface area contributed by atoms with E-state index in [1.165, 1.54) is 0 Å². The third-order valence-electron chi connectivity index (χ3n) is 5.08. The van der Waals surface area contributed by atoms with Crippen LogP contribution in [0.2, 0.25) is 5.02 Å². The first-order chi connectivity index (χ1) is 14.1. The maximum Gasteiger partial charge on any atom is 0.249 e. The molecule has 0 fully saturated rings. The van der Waals surface area contributed by atoms with E-state index in [4.69, 9.17) is 22.3 Å². The average molecular weight is 404 g/mol. The Morgan fingerprint density at radius 1 is 1.03 bits per heavy atom. The zero-order valence-electron chi connectivity index (χ0n) is 16.2. The SMILES string of the molecule is CCCc1nc2c(Cl)cccc2n1Cc1ccc(-c2ccccc2C(N)=O)cc1. The molecule has 0 saturated carbocycles. The summed E-state index contributed by atoms with van der Waals surface area (Å²) in [5, 5.41) is 0.678. The predicted octanol–water partition coefficient (Wildman–Crippen LogP) is 5.46. The number of aryl methyl sites for hydroxylation is 1. The highest BCUT2D eigenvalue weighted by molar-refractivity contribution is 6.34. The van der Waals surface area contributed by atoms with Gasteiger partial charge in [-0.1, -0.05) is 67.1 Å². The van der Waals surface area contributed by atoms with Gasteiger partial charge in [-0.05, 0) is 41.3 Å². The van der Waals surface area contributed by atoms with Crippen LogP contribution in [0.4, 0.5) is 0 Å². The zero-order valence-corrected chi connectivity index (χ0v) is 17.0. The van der Waals surface area contributed by atoms with Crippen LogP contribution in [0.25, 0.3) is 22.2 Å². The maximum absolute atomic E-state index is 11.7. The molecule has 0 spiro atoms. The minimum atomic E-state index is -0.421. The number of hydrogen-bond acceptors (Lipinski definition) is 2. The zero-order chi connectivity index (χ0) is 20.4. The fourth-order valence-electron chi connectivity index (χ4n) is 3.67. The summed E-state index contributed by atoms with van der Waals surface area (Å²) in [5.74, 6) is 0.620. The van der Waals surface area contributed by atoms with Gasteiger partial charge in [0.15, 0.2) is 0 Å². The number of imidazole rings is 1. The van der Waals surface area contributed by atoms with E-state index >= 15 is 0 Å². The fraction of sp³-hybridized carbons (Fsp3) is 0.167. The maximum atomic E-state index is 11.7. The van der Waals surface area contributed by atoms with E-state index in [0.717, 1.165) is 46.4 Å². The van der Waals surface area contributed by atoms with Crippen LogP contribution < -0.4 is 5.73 Å². The van der Waals surface area contributed by atoms with Crippen molar-refractivity contribution in [1.29, 1.82) is 0 Å². The molecule has 0 bridgehead atoms. The monoisotopic (exact) mass is 403 g/mol. The highest BCUT2D eigenvalue weighted by Crippen LogP contribution is 2.27. The number of carbonyl (C=O) groups excluding carboxylic acids is 1. The van der Waals surface area contributed by atoms with Crippen LogP contribution in [0.3, 0.4) is 0 Å². The number of nitrogens with two attached hydrogens (primary N) is 1.